The van der Waals surface area contributed by atoms with Gasteiger partial charge in [-0.2, -0.15) is 0 Å². The predicted molar refractivity (Wildman–Crippen MR) is 75.5 cm³/mol. The topological polar surface area (TPSA) is 12.0 Å². The van der Waals surface area contributed by atoms with Crippen molar-refractivity contribution >= 4 is 11.3 Å². The fraction of sp³-hybridized carbons (Fsp3) is 0.333. The first-order valence-corrected chi connectivity index (χ1v) is 7.09. The van der Waals surface area contributed by atoms with Crippen molar-refractivity contribution in [3.8, 4) is 0 Å². The number of hydrogen-bond donors (Lipinski definition) is 1. The summed E-state index contributed by atoms with van der Waals surface area (Å²) in [5.74, 6) is 0. The van der Waals surface area contributed by atoms with Crippen LogP contribution >= 0.6 is 11.3 Å². The molecule has 2 heteroatoms. The van der Waals surface area contributed by atoms with Crippen LogP contribution in [0.5, 0.6) is 0 Å². The Morgan fingerprint density at radius 2 is 1.94 bits per heavy atom. The second-order valence-corrected chi connectivity index (χ2v) is 5.15. The van der Waals surface area contributed by atoms with Gasteiger partial charge >= 0.3 is 0 Å². The van der Waals surface area contributed by atoms with Crippen LogP contribution in [0.2, 0.25) is 0 Å². The molecule has 0 spiro atoms. The molecule has 1 nitrogen and oxygen atoms in total. The molecule has 0 amide bonds. The Labute approximate surface area is 108 Å². The Hall–Kier alpha value is -1.12. The molecule has 0 fully saturated rings. The maximum atomic E-state index is 3.63. The van der Waals surface area contributed by atoms with E-state index in [-0.39, 0.29) is 0 Å². The van der Waals surface area contributed by atoms with E-state index in [4.69, 9.17) is 0 Å². The first-order chi connectivity index (χ1) is 8.40. The summed E-state index contributed by atoms with van der Waals surface area (Å²) in [6.07, 6.45) is 2.25. The van der Waals surface area contributed by atoms with Crippen molar-refractivity contribution in [1.29, 1.82) is 0 Å². The van der Waals surface area contributed by atoms with Gasteiger partial charge in [-0.3, -0.25) is 0 Å². The summed E-state index contributed by atoms with van der Waals surface area (Å²) in [4.78, 5) is 1.44. The molecule has 0 radical (unpaired) electrons. The van der Waals surface area contributed by atoms with E-state index < -0.39 is 0 Å². The van der Waals surface area contributed by atoms with Crippen LogP contribution in [0.1, 0.15) is 29.8 Å². The molecule has 1 N–H and O–H groups in total. The molecule has 1 heterocycles. The number of thiophene rings is 1. The smallest absolute Gasteiger partial charge is 0.0412 e. The van der Waals surface area contributed by atoms with Crippen molar-refractivity contribution in [3.05, 3.63) is 58.3 Å². The molecule has 17 heavy (non-hydrogen) atoms. The molecule has 1 aromatic carbocycles. The lowest BCUT2D eigenvalue weighted by Gasteiger charge is -2.15. The zero-order chi connectivity index (χ0) is 11.9. The van der Waals surface area contributed by atoms with Crippen LogP contribution < -0.4 is 5.32 Å². The van der Waals surface area contributed by atoms with Crippen molar-refractivity contribution < 1.29 is 0 Å². The zero-order valence-corrected chi connectivity index (χ0v) is 11.0. The van der Waals surface area contributed by atoms with Gasteiger partial charge in [0.1, 0.15) is 0 Å². The van der Waals surface area contributed by atoms with Gasteiger partial charge in [-0.1, -0.05) is 43.3 Å². The van der Waals surface area contributed by atoms with E-state index in [1.165, 1.54) is 10.4 Å². The van der Waals surface area contributed by atoms with Gasteiger partial charge in [0.15, 0.2) is 0 Å². The van der Waals surface area contributed by atoms with E-state index in [0.717, 1.165) is 19.4 Å². The molecular weight excluding hydrogens is 226 g/mol. The summed E-state index contributed by atoms with van der Waals surface area (Å²) in [5, 5.41) is 5.78. The molecule has 1 aromatic heterocycles. The van der Waals surface area contributed by atoms with Crippen LogP contribution in [-0.4, -0.2) is 6.54 Å². The normalized spacial score (nSPS) is 12.5. The van der Waals surface area contributed by atoms with Crippen LogP contribution in [0.3, 0.4) is 0 Å². The van der Waals surface area contributed by atoms with Crippen molar-refractivity contribution in [2.24, 2.45) is 0 Å². The maximum absolute atomic E-state index is 3.63. The highest BCUT2D eigenvalue weighted by Gasteiger charge is 2.08. The lowest BCUT2D eigenvalue weighted by atomic mass is 10.1. The molecule has 0 aliphatic carbocycles. The van der Waals surface area contributed by atoms with Crippen LogP contribution in [0.25, 0.3) is 0 Å². The Morgan fingerprint density at radius 1 is 1.12 bits per heavy atom. The standard InChI is InChI=1S/C15H19NS/c1-2-14(15-9-6-12-17-15)16-11-10-13-7-4-3-5-8-13/h3-9,12,14,16H,2,10-11H2,1H3. The maximum Gasteiger partial charge on any atom is 0.0412 e. The van der Waals surface area contributed by atoms with Crippen LogP contribution in [0.4, 0.5) is 0 Å². The van der Waals surface area contributed by atoms with Crippen molar-refractivity contribution in [3.63, 3.8) is 0 Å². The Morgan fingerprint density at radius 3 is 2.59 bits per heavy atom. The van der Waals surface area contributed by atoms with Gasteiger partial charge < -0.3 is 5.32 Å². The minimum atomic E-state index is 0.513. The molecule has 2 aromatic rings. The average molecular weight is 245 g/mol. The molecule has 0 saturated carbocycles. The highest BCUT2D eigenvalue weighted by molar-refractivity contribution is 7.10. The summed E-state index contributed by atoms with van der Waals surface area (Å²) in [7, 11) is 0. The number of hydrogen-bond acceptors (Lipinski definition) is 2. The SMILES string of the molecule is CCC(NCCc1ccccc1)c1cccs1. The third-order valence-corrected chi connectivity index (χ3v) is 3.93. The van der Waals surface area contributed by atoms with Gasteiger partial charge in [0, 0.05) is 10.9 Å². The van der Waals surface area contributed by atoms with Gasteiger partial charge in [0.05, 0.1) is 0 Å². The molecule has 2 rings (SSSR count). The van der Waals surface area contributed by atoms with Gasteiger partial charge in [-0.25, -0.2) is 0 Å². The highest BCUT2D eigenvalue weighted by atomic mass is 32.1. The van der Waals surface area contributed by atoms with Gasteiger partial charge in [0.2, 0.25) is 0 Å². The molecule has 0 aliphatic rings. The molecule has 0 saturated heterocycles. The fourth-order valence-corrected chi connectivity index (χ4v) is 2.86. The third-order valence-electron chi connectivity index (χ3n) is 2.94. The summed E-state index contributed by atoms with van der Waals surface area (Å²) < 4.78 is 0. The van der Waals surface area contributed by atoms with E-state index in [1.807, 2.05) is 11.3 Å². The zero-order valence-electron chi connectivity index (χ0n) is 10.2. The van der Waals surface area contributed by atoms with Crippen LogP contribution in [0, 0.1) is 0 Å². The van der Waals surface area contributed by atoms with Gasteiger partial charge in [0.25, 0.3) is 0 Å². The number of benzene rings is 1. The average Bonchev–Trinajstić information content (AvgIpc) is 2.90. The van der Waals surface area contributed by atoms with Crippen molar-refractivity contribution in [2.45, 2.75) is 25.8 Å². The molecule has 90 valence electrons. The molecule has 1 unspecified atom stereocenters. The fourth-order valence-electron chi connectivity index (χ4n) is 1.97. The summed E-state index contributed by atoms with van der Waals surface area (Å²) in [6, 6.07) is 15.5. The quantitative estimate of drug-likeness (QED) is 0.810. The first-order valence-electron chi connectivity index (χ1n) is 6.21. The molecule has 0 bridgehead atoms. The predicted octanol–water partition coefficient (Wildman–Crippen LogP) is 4.03. The number of nitrogens with one attached hydrogen (secondary N) is 1. The van der Waals surface area contributed by atoms with E-state index in [9.17, 15) is 0 Å². The second-order valence-electron chi connectivity index (χ2n) is 4.17. The second kappa shape index (κ2) is 6.58. The Kier molecular flexibility index (Phi) is 4.77. The lowest BCUT2D eigenvalue weighted by Crippen LogP contribution is -2.22. The monoisotopic (exact) mass is 245 g/mol. The minimum absolute atomic E-state index is 0.513. The minimum Gasteiger partial charge on any atom is -0.309 e. The molecule has 0 aliphatic heterocycles. The first kappa shape index (κ1) is 12.3. The van der Waals surface area contributed by atoms with E-state index in [2.05, 4.69) is 60.1 Å². The van der Waals surface area contributed by atoms with E-state index in [0.29, 0.717) is 6.04 Å². The lowest BCUT2D eigenvalue weighted by molar-refractivity contribution is 0.530. The van der Waals surface area contributed by atoms with Crippen molar-refractivity contribution in [2.75, 3.05) is 6.54 Å². The summed E-state index contributed by atoms with van der Waals surface area (Å²) in [5.41, 5.74) is 1.40. The highest BCUT2D eigenvalue weighted by Crippen LogP contribution is 2.21. The van der Waals surface area contributed by atoms with Crippen molar-refractivity contribution in [1.82, 2.24) is 5.32 Å². The molecular formula is C15H19NS. The Balaban J connectivity index is 1.81. The van der Waals surface area contributed by atoms with Gasteiger partial charge in [-0.15, -0.1) is 11.3 Å². The van der Waals surface area contributed by atoms with Crippen LogP contribution in [0.15, 0.2) is 47.8 Å². The number of rotatable bonds is 6. The van der Waals surface area contributed by atoms with E-state index in [1.54, 1.807) is 0 Å². The van der Waals surface area contributed by atoms with Gasteiger partial charge in [-0.05, 0) is 36.4 Å². The Bertz CT molecular complexity index is 408. The summed E-state index contributed by atoms with van der Waals surface area (Å²) >= 11 is 1.84. The third kappa shape index (κ3) is 3.69. The molecule has 1 atom stereocenters. The van der Waals surface area contributed by atoms with E-state index >= 15 is 0 Å². The van der Waals surface area contributed by atoms with Crippen LogP contribution in [-0.2, 0) is 6.42 Å². The largest absolute Gasteiger partial charge is 0.309 e. The summed E-state index contributed by atoms with van der Waals surface area (Å²) in [6.45, 7) is 3.28.